The summed E-state index contributed by atoms with van der Waals surface area (Å²) in [5.74, 6) is -0.448. The number of carbonyl (C=O) groups is 1. The average molecular weight is 283 g/mol. The van der Waals surface area contributed by atoms with Gasteiger partial charge >= 0.3 is 5.97 Å². The van der Waals surface area contributed by atoms with Crippen LogP contribution in [0.25, 0.3) is 0 Å². The summed E-state index contributed by atoms with van der Waals surface area (Å²) in [7, 11) is 0. The highest BCUT2D eigenvalue weighted by Gasteiger charge is 2.47. The molecule has 0 saturated heterocycles. The number of hydrogen-bond acceptors (Lipinski definition) is 3. The van der Waals surface area contributed by atoms with Crippen LogP contribution in [0.4, 0.5) is 0 Å². The number of aliphatic carboxylic acids is 1. The van der Waals surface area contributed by atoms with Crippen molar-refractivity contribution in [2.45, 2.75) is 38.4 Å². The fourth-order valence-corrected chi connectivity index (χ4v) is 2.63. The lowest BCUT2D eigenvalue weighted by Gasteiger charge is -2.35. The summed E-state index contributed by atoms with van der Waals surface area (Å²) in [5.41, 5.74) is 0.787. The standard InChI is InChI=1S/C14H15ClO4/c1-8(13(16)17)5-9-6-11-12(7-10(9)15)19-14(18-11)3-2-4-14/h6-8H,2-5H2,1H3,(H,16,17). The minimum Gasteiger partial charge on any atom is -0.481 e. The van der Waals surface area contributed by atoms with Gasteiger partial charge in [-0.05, 0) is 24.5 Å². The fraction of sp³-hybridized carbons (Fsp3) is 0.500. The molecule has 2 aliphatic rings. The number of carboxylic acids is 1. The Morgan fingerprint density at radius 2 is 2.05 bits per heavy atom. The summed E-state index contributed by atoms with van der Waals surface area (Å²) in [5, 5.41) is 9.49. The van der Waals surface area contributed by atoms with Crippen molar-refractivity contribution < 1.29 is 19.4 Å². The second-order valence-electron chi connectivity index (χ2n) is 5.30. The minimum absolute atomic E-state index is 0.387. The van der Waals surface area contributed by atoms with Crippen LogP contribution in [0.5, 0.6) is 11.5 Å². The van der Waals surface area contributed by atoms with Gasteiger partial charge < -0.3 is 14.6 Å². The van der Waals surface area contributed by atoms with Crippen molar-refractivity contribution in [1.29, 1.82) is 0 Å². The van der Waals surface area contributed by atoms with Crippen LogP contribution >= 0.6 is 11.6 Å². The molecule has 1 atom stereocenters. The largest absolute Gasteiger partial charge is 0.481 e. The molecule has 1 aromatic carbocycles. The molecule has 3 rings (SSSR count). The van der Waals surface area contributed by atoms with E-state index in [4.69, 9.17) is 26.2 Å². The Morgan fingerprint density at radius 1 is 1.42 bits per heavy atom. The van der Waals surface area contributed by atoms with Crippen molar-refractivity contribution >= 4 is 17.6 Å². The molecule has 1 heterocycles. The van der Waals surface area contributed by atoms with E-state index in [0.29, 0.717) is 22.9 Å². The Labute approximate surface area is 116 Å². The van der Waals surface area contributed by atoms with Gasteiger partial charge in [-0.1, -0.05) is 18.5 Å². The Kier molecular flexibility index (Phi) is 2.86. The predicted molar refractivity (Wildman–Crippen MR) is 69.8 cm³/mol. The second kappa shape index (κ2) is 4.30. The highest BCUT2D eigenvalue weighted by atomic mass is 35.5. The fourth-order valence-electron chi connectivity index (χ4n) is 2.40. The van der Waals surface area contributed by atoms with E-state index in [-0.39, 0.29) is 0 Å². The van der Waals surface area contributed by atoms with E-state index >= 15 is 0 Å². The number of halogens is 1. The Bertz CT molecular complexity index is 536. The highest BCUT2D eigenvalue weighted by molar-refractivity contribution is 6.31. The van der Waals surface area contributed by atoms with Crippen molar-refractivity contribution in [2.75, 3.05) is 0 Å². The SMILES string of the molecule is CC(Cc1cc2c(cc1Cl)OC1(CCC1)O2)C(=O)O. The van der Waals surface area contributed by atoms with Crippen molar-refractivity contribution in [3.8, 4) is 11.5 Å². The molecular formula is C14H15ClO4. The van der Waals surface area contributed by atoms with E-state index in [2.05, 4.69) is 0 Å². The molecule has 1 fully saturated rings. The summed E-state index contributed by atoms with van der Waals surface area (Å²) in [6.45, 7) is 1.66. The first kappa shape index (κ1) is 12.6. The van der Waals surface area contributed by atoms with Gasteiger partial charge in [0, 0.05) is 23.9 Å². The van der Waals surface area contributed by atoms with Crippen LogP contribution in [-0.4, -0.2) is 16.9 Å². The quantitative estimate of drug-likeness (QED) is 0.924. The topological polar surface area (TPSA) is 55.8 Å². The van der Waals surface area contributed by atoms with Gasteiger partial charge in [0.2, 0.25) is 0 Å². The molecule has 0 aromatic heterocycles. The Hall–Kier alpha value is -1.42. The van der Waals surface area contributed by atoms with Gasteiger partial charge in [0.05, 0.1) is 5.92 Å². The van der Waals surface area contributed by atoms with Crippen molar-refractivity contribution in [1.82, 2.24) is 0 Å². The third kappa shape index (κ3) is 2.14. The zero-order chi connectivity index (χ0) is 13.6. The van der Waals surface area contributed by atoms with Gasteiger partial charge in [-0.25, -0.2) is 0 Å². The maximum Gasteiger partial charge on any atom is 0.306 e. The minimum atomic E-state index is -0.829. The van der Waals surface area contributed by atoms with Crippen molar-refractivity contribution in [3.05, 3.63) is 22.7 Å². The molecule has 1 unspecified atom stereocenters. The van der Waals surface area contributed by atoms with E-state index in [1.807, 2.05) is 6.07 Å². The van der Waals surface area contributed by atoms with Crippen LogP contribution in [0.15, 0.2) is 12.1 Å². The number of ether oxygens (including phenoxy) is 2. The molecule has 1 saturated carbocycles. The van der Waals surface area contributed by atoms with E-state index < -0.39 is 17.7 Å². The Morgan fingerprint density at radius 3 is 2.58 bits per heavy atom. The number of rotatable bonds is 3. The first-order valence-corrected chi connectivity index (χ1v) is 6.80. The summed E-state index contributed by atoms with van der Waals surface area (Å²) in [4.78, 5) is 10.9. The molecule has 0 radical (unpaired) electrons. The lowest BCUT2D eigenvalue weighted by molar-refractivity contribution is -0.141. The van der Waals surface area contributed by atoms with Crippen LogP contribution in [0.2, 0.25) is 5.02 Å². The van der Waals surface area contributed by atoms with Crippen molar-refractivity contribution in [3.63, 3.8) is 0 Å². The zero-order valence-corrected chi connectivity index (χ0v) is 11.4. The van der Waals surface area contributed by atoms with Crippen LogP contribution in [0, 0.1) is 5.92 Å². The van der Waals surface area contributed by atoms with Crippen molar-refractivity contribution in [2.24, 2.45) is 5.92 Å². The molecule has 4 nitrogen and oxygen atoms in total. The summed E-state index contributed by atoms with van der Waals surface area (Å²) in [6.07, 6.45) is 3.27. The van der Waals surface area contributed by atoms with E-state index in [1.165, 1.54) is 0 Å². The van der Waals surface area contributed by atoms with Crippen LogP contribution in [-0.2, 0) is 11.2 Å². The summed E-state index contributed by atoms with van der Waals surface area (Å²) < 4.78 is 11.6. The van der Waals surface area contributed by atoms with Crippen LogP contribution in [0.1, 0.15) is 31.7 Å². The smallest absolute Gasteiger partial charge is 0.306 e. The molecule has 1 N–H and O–H groups in total. The number of carboxylic acid groups (broad SMARTS) is 1. The third-order valence-electron chi connectivity index (χ3n) is 3.77. The van der Waals surface area contributed by atoms with E-state index in [0.717, 1.165) is 24.8 Å². The average Bonchev–Trinajstić information content (AvgIpc) is 2.67. The highest BCUT2D eigenvalue weighted by Crippen LogP contribution is 2.49. The molecule has 1 spiro atoms. The van der Waals surface area contributed by atoms with Gasteiger partial charge in [0.1, 0.15) is 0 Å². The lowest BCUT2D eigenvalue weighted by atomic mass is 9.91. The molecule has 0 amide bonds. The zero-order valence-electron chi connectivity index (χ0n) is 10.6. The van der Waals surface area contributed by atoms with E-state index in [9.17, 15) is 4.79 Å². The number of fused-ring (bicyclic) bond motifs is 1. The van der Waals surface area contributed by atoms with Crippen LogP contribution < -0.4 is 9.47 Å². The van der Waals surface area contributed by atoms with E-state index in [1.54, 1.807) is 13.0 Å². The first-order chi connectivity index (χ1) is 8.99. The second-order valence-corrected chi connectivity index (χ2v) is 5.71. The van der Waals surface area contributed by atoms with Gasteiger partial charge in [0.15, 0.2) is 11.5 Å². The normalized spacial score (nSPS) is 20.1. The number of hydrogen-bond donors (Lipinski definition) is 1. The van der Waals surface area contributed by atoms with Gasteiger partial charge in [0.25, 0.3) is 5.79 Å². The molecule has 102 valence electrons. The predicted octanol–water partition coefficient (Wildman–Crippen LogP) is 3.25. The van der Waals surface area contributed by atoms with Gasteiger partial charge in [-0.2, -0.15) is 0 Å². The summed E-state index contributed by atoms with van der Waals surface area (Å²) in [6, 6.07) is 3.54. The maximum absolute atomic E-state index is 10.9. The monoisotopic (exact) mass is 282 g/mol. The molecule has 19 heavy (non-hydrogen) atoms. The lowest BCUT2D eigenvalue weighted by Crippen LogP contribution is -2.45. The van der Waals surface area contributed by atoms with Crippen LogP contribution in [0.3, 0.4) is 0 Å². The molecule has 5 heteroatoms. The molecular weight excluding hydrogens is 268 g/mol. The third-order valence-corrected chi connectivity index (χ3v) is 4.12. The first-order valence-electron chi connectivity index (χ1n) is 6.42. The van der Waals surface area contributed by atoms with Gasteiger partial charge in [-0.15, -0.1) is 0 Å². The van der Waals surface area contributed by atoms with Gasteiger partial charge in [-0.3, -0.25) is 4.79 Å². The molecule has 1 aromatic rings. The molecule has 0 bridgehead atoms. The summed E-state index contributed by atoms with van der Waals surface area (Å²) >= 11 is 6.18. The molecule has 1 aliphatic heterocycles. The number of benzene rings is 1. The molecule has 1 aliphatic carbocycles. The Balaban J connectivity index is 1.85. The maximum atomic E-state index is 10.9.